The van der Waals surface area contributed by atoms with Crippen molar-refractivity contribution >= 4 is 11.9 Å². The standard InChI is InChI=1S/C12H17N3O3/c1-5-12(3,11(17)18-4)15-10(16)9-7-13-8(2)6-14-9/h6-7H,5H2,1-4H3,(H,15,16)/t12-/m0/s1. The van der Waals surface area contributed by atoms with Gasteiger partial charge in [0.05, 0.1) is 19.0 Å². The van der Waals surface area contributed by atoms with Crippen LogP contribution in [0, 0.1) is 6.92 Å². The highest BCUT2D eigenvalue weighted by Crippen LogP contribution is 2.12. The monoisotopic (exact) mass is 251 g/mol. The minimum absolute atomic E-state index is 0.171. The number of aromatic nitrogens is 2. The van der Waals surface area contributed by atoms with Crippen molar-refractivity contribution in [3.63, 3.8) is 0 Å². The zero-order valence-corrected chi connectivity index (χ0v) is 11.0. The third-order valence-corrected chi connectivity index (χ3v) is 2.75. The molecule has 1 atom stereocenters. The fourth-order valence-corrected chi connectivity index (χ4v) is 1.33. The minimum atomic E-state index is -1.06. The van der Waals surface area contributed by atoms with Gasteiger partial charge in [-0.05, 0) is 20.3 Å². The van der Waals surface area contributed by atoms with Crippen molar-refractivity contribution in [1.29, 1.82) is 0 Å². The number of carbonyl (C=O) groups excluding carboxylic acids is 2. The molecule has 0 saturated heterocycles. The number of amides is 1. The molecule has 1 heterocycles. The molecule has 0 fully saturated rings. The van der Waals surface area contributed by atoms with Crippen LogP contribution in [0.15, 0.2) is 12.4 Å². The van der Waals surface area contributed by atoms with Crippen LogP contribution in [-0.2, 0) is 9.53 Å². The second kappa shape index (κ2) is 5.57. The number of hydrogen-bond acceptors (Lipinski definition) is 5. The quantitative estimate of drug-likeness (QED) is 0.802. The Labute approximate surface area is 106 Å². The van der Waals surface area contributed by atoms with E-state index in [1.807, 2.05) is 0 Å². The second-order valence-electron chi connectivity index (χ2n) is 4.17. The molecule has 98 valence electrons. The molecule has 6 heteroatoms. The van der Waals surface area contributed by atoms with E-state index in [0.717, 1.165) is 5.69 Å². The number of nitrogens with zero attached hydrogens (tertiary/aromatic N) is 2. The van der Waals surface area contributed by atoms with Crippen LogP contribution in [-0.4, -0.2) is 34.5 Å². The Hall–Kier alpha value is -1.98. The van der Waals surface area contributed by atoms with Crippen LogP contribution in [0.3, 0.4) is 0 Å². The van der Waals surface area contributed by atoms with Crippen molar-refractivity contribution in [3.8, 4) is 0 Å². The number of esters is 1. The first-order chi connectivity index (χ1) is 8.42. The van der Waals surface area contributed by atoms with E-state index in [4.69, 9.17) is 0 Å². The molecule has 0 aliphatic heterocycles. The normalized spacial score (nSPS) is 13.6. The zero-order chi connectivity index (χ0) is 13.8. The van der Waals surface area contributed by atoms with Crippen LogP contribution in [0.5, 0.6) is 0 Å². The molecular weight excluding hydrogens is 234 g/mol. The maximum atomic E-state index is 11.9. The average molecular weight is 251 g/mol. The summed E-state index contributed by atoms with van der Waals surface area (Å²) < 4.78 is 4.67. The van der Waals surface area contributed by atoms with E-state index >= 15 is 0 Å². The van der Waals surface area contributed by atoms with E-state index in [9.17, 15) is 9.59 Å². The molecule has 0 aromatic carbocycles. The number of hydrogen-bond donors (Lipinski definition) is 1. The molecule has 1 amide bonds. The van der Waals surface area contributed by atoms with E-state index in [0.29, 0.717) is 6.42 Å². The number of carbonyl (C=O) groups is 2. The molecule has 6 nitrogen and oxygen atoms in total. The number of nitrogens with one attached hydrogen (secondary N) is 1. The lowest BCUT2D eigenvalue weighted by atomic mass is 9.99. The molecule has 0 aliphatic rings. The van der Waals surface area contributed by atoms with Crippen molar-refractivity contribution in [3.05, 3.63) is 23.8 Å². The highest BCUT2D eigenvalue weighted by molar-refractivity contribution is 5.96. The Balaban J connectivity index is 2.86. The van der Waals surface area contributed by atoms with E-state index in [1.165, 1.54) is 19.5 Å². The predicted molar refractivity (Wildman–Crippen MR) is 64.9 cm³/mol. The van der Waals surface area contributed by atoms with E-state index in [-0.39, 0.29) is 5.69 Å². The minimum Gasteiger partial charge on any atom is -0.467 e. The van der Waals surface area contributed by atoms with Gasteiger partial charge in [0.15, 0.2) is 0 Å². The van der Waals surface area contributed by atoms with Gasteiger partial charge < -0.3 is 10.1 Å². The van der Waals surface area contributed by atoms with Gasteiger partial charge in [-0.3, -0.25) is 9.78 Å². The summed E-state index contributed by atoms with van der Waals surface area (Å²) in [4.78, 5) is 31.5. The lowest BCUT2D eigenvalue weighted by Crippen LogP contribution is -2.52. The Morgan fingerprint density at radius 1 is 1.39 bits per heavy atom. The molecule has 1 N–H and O–H groups in total. The lowest BCUT2D eigenvalue weighted by Gasteiger charge is -2.26. The van der Waals surface area contributed by atoms with Crippen molar-refractivity contribution in [1.82, 2.24) is 15.3 Å². The fourth-order valence-electron chi connectivity index (χ4n) is 1.33. The summed E-state index contributed by atoms with van der Waals surface area (Å²) in [5.41, 5.74) is -0.166. The van der Waals surface area contributed by atoms with E-state index < -0.39 is 17.4 Å². The molecule has 0 bridgehead atoms. The predicted octanol–water partition coefficient (Wildman–Crippen LogP) is 0.857. The fraction of sp³-hybridized carbons (Fsp3) is 0.500. The molecule has 0 radical (unpaired) electrons. The first-order valence-corrected chi connectivity index (χ1v) is 5.62. The van der Waals surface area contributed by atoms with E-state index in [1.54, 1.807) is 20.8 Å². The zero-order valence-electron chi connectivity index (χ0n) is 11.0. The van der Waals surface area contributed by atoms with Crippen LogP contribution in [0.25, 0.3) is 0 Å². The second-order valence-corrected chi connectivity index (χ2v) is 4.17. The molecule has 0 saturated carbocycles. The number of methoxy groups -OCH3 is 1. The van der Waals surface area contributed by atoms with Gasteiger partial charge in [0.1, 0.15) is 11.2 Å². The first kappa shape index (κ1) is 14.1. The van der Waals surface area contributed by atoms with E-state index in [2.05, 4.69) is 20.0 Å². The number of ether oxygens (including phenoxy) is 1. The molecule has 0 unspecified atom stereocenters. The van der Waals surface area contributed by atoms with Gasteiger partial charge in [0, 0.05) is 6.20 Å². The van der Waals surface area contributed by atoms with Crippen molar-refractivity contribution in [2.24, 2.45) is 0 Å². The SMILES string of the molecule is CC[C@](C)(NC(=O)c1cnc(C)cn1)C(=O)OC. The van der Waals surface area contributed by atoms with Gasteiger partial charge in [-0.15, -0.1) is 0 Å². The topological polar surface area (TPSA) is 81.2 Å². The summed E-state index contributed by atoms with van der Waals surface area (Å²) in [6.07, 6.45) is 3.29. The largest absolute Gasteiger partial charge is 0.467 e. The van der Waals surface area contributed by atoms with Crippen molar-refractivity contribution < 1.29 is 14.3 Å². The van der Waals surface area contributed by atoms with Crippen molar-refractivity contribution in [2.45, 2.75) is 32.7 Å². The third-order valence-electron chi connectivity index (χ3n) is 2.75. The smallest absolute Gasteiger partial charge is 0.331 e. The number of rotatable bonds is 4. The summed E-state index contributed by atoms with van der Waals surface area (Å²) in [6, 6.07) is 0. The summed E-state index contributed by atoms with van der Waals surface area (Å²) in [6.45, 7) is 5.18. The third kappa shape index (κ3) is 3.03. The summed E-state index contributed by atoms with van der Waals surface area (Å²) in [5, 5.41) is 2.61. The molecule has 1 aromatic heterocycles. The van der Waals surface area contributed by atoms with Crippen LogP contribution in [0.4, 0.5) is 0 Å². The van der Waals surface area contributed by atoms with Gasteiger partial charge in [0.25, 0.3) is 5.91 Å². The average Bonchev–Trinajstić information content (AvgIpc) is 2.38. The van der Waals surface area contributed by atoms with Gasteiger partial charge >= 0.3 is 5.97 Å². The first-order valence-electron chi connectivity index (χ1n) is 5.62. The summed E-state index contributed by atoms with van der Waals surface area (Å²) >= 11 is 0. The maximum Gasteiger partial charge on any atom is 0.331 e. The lowest BCUT2D eigenvalue weighted by molar-refractivity contribution is -0.147. The maximum absolute atomic E-state index is 11.9. The molecule has 0 aliphatic carbocycles. The highest BCUT2D eigenvalue weighted by Gasteiger charge is 2.34. The Kier molecular flexibility index (Phi) is 4.36. The Morgan fingerprint density at radius 2 is 2.06 bits per heavy atom. The van der Waals surface area contributed by atoms with Crippen LogP contribution >= 0.6 is 0 Å². The number of aryl methyl sites for hydroxylation is 1. The molecule has 18 heavy (non-hydrogen) atoms. The van der Waals surface area contributed by atoms with Crippen LogP contribution in [0.1, 0.15) is 36.5 Å². The van der Waals surface area contributed by atoms with Crippen molar-refractivity contribution in [2.75, 3.05) is 7.11 Å². The van der Waals surface area contributed by atoms with Gasteiger partial charge in [0.2, 0.25) is 0 Å². The van der Waals surface area contributed by atoms with Gasteiger partial charge in [-0.25, -0.2) is 9.78 Å². The molecule has 1 aromatic rings. The van der Waals surface area contributed by atoms with Crippen LogP contribution in [0.2, 0.25) is 0 Å². The molecule has 1 rings (SSSR count). The molecule has 0 spiro atoms. The Morgan fingerprint density at radius 3 is 2.50 bits per heavy atom. The summed E-state index contributed by atoms with van der Waals surface area (Å²) in [5.74, 6) is -0.935. The highest BCUT2D eigenvalue weighted by atomic mass is 16.5. The summed E-state index contributed by atoms with van der Waals surface area (Å²) in [7, 11) is 1.29. The van der Waals surface area contributed by atoms with Gasteiger partial charge in [-0.1, -0.05) is 6.92 Å². The Bertz CT molecular complexity index is 444. The molecular formula is C12H17N3O3. The van der Waals surface area contributed by atoms with Gasteiger partial charge in [-0.2, -0.15) is 0 Å². The van der Waals surface area contributed by atoms with Crippen LogP contribution < -0.4 is 5.32 Å².